The second-order valence-electron chi connectivity index (χ2n) is 7.28. The summed E-state index contributed by atoms with van der Waals surface area (Å²) in [5.74, 6) is 0.219. The summed E-state index contributed by atoms with van der Waals surface area (Å²) in [4.78, 5) is 23.4. The van der Waals surface area contributed by atoms with Crippen molar-refractivity contribution in [1.29, 1.82) is 0 Å². The Bertz CT molecular complexity index is 740. The van der Waals surface area contributed by atoms with Crippen molar-refractivity contribution in [2.75, 3.05) is 45.2 Å². The number of carbonyl (C=O) groups is 1. The molecule has 1 amide bonds. The minimum Gasteiger partial charge on any atom is -0.368 e. The Kier molecular flexibility index (Phi) is 6.09. The van der Waals surface area contributed by atoms with Crippen LogP contribution in [0.15, 0.2) is 36.5 Å². The molecule has 1 atom stereocenters. The summed E-state index contributed by atoms with van der Waals surface area (Å²) in [6.07, 6.45) is 4.60. The van der Waals surface area contributed by atoms with Crippen LogP contribution in [0.4, 0.5) is 5.69 Å². The smallest absolute Gasteiger partial charge is 0.223 e. The number of aromatic nitrogens is 1. The fourth-order valence-electron chi connectivity index (χ4n) is 3.80. The van der Waals surface area contributed by atoms with Crippen LogP contribution in [0.5, 0.6) is 0 Å². The summed E-state index contributed by atoms with van der Waals surface area (Å²) in [7, 11) is 3.68. The third-order valence-corrected chi connectivity index (χ3v) is 5.38. The lowest BCUT2D eigenvalue weighted by Crippen LogP contribution is -2.41. The van der Waals surface area contributed by atoms with Gasteiger partial charge in [0.25, 0.3) is 0 Å². The number of anilines is 1. The van der Waals surface area contributed by atoms with Crippen LogP contribution in [0.1, 0.15) is 26.2 Å². The molecule has 1 aromatic heterocycles. The fraction of sp³-hybridized carbons (Fsp3) is 0.524. The molecule has 0 aliphatic carbocycles. The van der Waals surface area contributed by atoms with E-state index in [1.165, 1.54) is 11.1 Å². The molecule has 1 saturated heterocycles. The predicted molar refractivity (Wildman–Crippen MR) is 108 cm³/mol. The lowest BCUT2D eigenvalue weighted by Gasteiger charge is -2.30. The number of fused-ring (bicyclic) bond motifs is 1. The van der Waals surface area contributed by atoms with Gasteiger partial charge in [0.2, 0.25) is 5.91 Å². The quantitative estimate of drug-likeness (QED) is 0.827. The molecule has 1 aliphatic heterocycles. The standard InChI is InChI=1S/C21H30N4O/c1-4-18(16-20(26)23(2)3)24-12-7-13-25(15-14-24)19-10-5-8-17-9-6-11-22-21(17)19/h5-6,8-11,18H,4,7,12-16H2,1-3H3. The number of rotatable bonds is 5. The molecule has 0 saturated carbocycles. The molecule has 1 unspecified atom stereocenters. The molecule has 140 valence electrons. The van der Waals surface area contributed by atoms with Crippen molar-refractivity contribution in [3.05, 3.63) is 36.5 Å². The first-order valence-electron chi connectivity index (χ1n) is 9.63. The summed E-state index contributed by atoms with van der Waals surface area (Å²) in [6, 6.07) is 10.9. The molecule has 0 bridgehead atoms. The van der Waals surface area contributed by atoms with Crippen molar-refractivity contribution in [2.45, 2.75) is 32.2 Å². The number of nitrogens with zero attached hydrogens (tertiary/aromatic N) is 4. The molecule has 1 aliphatic rings. The molecule has 5 heteroatoms. The molecule has 0 spiro atoms. The maximum absolute atomic E-state index is 12.2. The van der Waals surface area contributed by atoms with E-state index in [1.807, 2.05) is 26.4 Å². The molecule has 1 aromatic carbocycles. The van der Waals surface area contributed by atoms with Gasteiger partial charge in [-0.1, -0.05) is 25.1 Å². The minimum absolute atomic E-state index is 0.219. The second-order valence-corrected chi connectivity index (χ2v) is 7.28. The number of benzene rings is 1. The van der Waals surface area contributed by atoms with Gasteiger partial charge >= 0.3 is 0 Å². The minimum atomic E-state index is 0.219. The van der Waals surface area contributed by atoms with Crippen LogP contribution in [0, 0.1) is 0 Å². The van der Waals surface area contributed by atoms with Gasteiger partial charge in [-0.15, -0.1) is 0 Å². The van der Waals surface area contributed by atoms with E-state index in [0.29, 0.717) is 12.5 Å². The molecule has 2 heterocycles. The number of amides is 1. The average Bonchev–Trinajstić information content (AvgIpc) is 2.91. The molecule has 2 aromatic rings. The van der Waals surface area contributed by atoms with E-state index in [9.17, 15) is 4.79 Å². The molecular formula is C21H30N4O. The van der Waals surface area contributed by atoms with E-state index in [0.717, 1.165) is 44.5 Å². The van der Waals surface area contributed by atoms with E-state index in [1.54, 1.807) is 4.90 Å². The normalized spacial score (nSPS) is 17.1. The maximum Gasteiger partial charge on any atom is 0.223 e. The Hall–Kier alpha value is -2.14. The predicted octanol–water partition coefficient (Wildman–Crippen LogP) is 3.00. The van der Waals surface area contributed by atoms with Crippen molar-refractivity contribution >= 4 is 22.5 Å². The first-order chi connectivity index (χ1) is 12.6. The van der Waals surface area contributed by atoms with Crippen molar-refractivity contribution in [2.24, 2.45) is 0 Å². The van der Waals surface area contributed by atoms with Crippen LogP contribution in [-0.4, -0.2) is 67.0 Å². The van der Waals surface area contributed by atoms with Gasteiger partial charge in [-0.25, -0.2) is 0 Å². The van der Waals surface area contributed by atoms with Gasteiger partial charge < -0.3 is 9.80 Å². The summed E-state index contributed by atoms with van der Waals surface area (Å²) in [5, 5.41) is 1.19. The monoisotopic (exact) mass is 354 g/mol. The summed E-state index contributed by atoms with van der Waals surface area (Å²) >= 11 is 0. The van der Waals surface area contributed by atoms with Crippen molar-refractivity contribution in [1.82, 2.24) is 14.8 Å². The Morgan fingerprint density at radius 2 is 1.96 bits per heavy atom. The average molecular weight is 354 g/mol. The third kappa shape index (κ3) is 4.15. The first kappa shape index (κ1) is 18.6. The van der Waals surface area contributed by atoms with Gasteiger partial charge in [0.1, 0.15) is 0 Å². The lowest BCUT2D eigenvalue weighted by atomic mass is 10.1. The Balaban J connectivity index is 1.72. The first-order valence-corrected chi connectivity index (χ1v) is 9.63. The SMILES string of the molecule is CCC(CC(=O)N(C)C)N1CCCN(c2cccc3cccnc23)CC1. The van der Waals surface area contributed by atoms with Gasteiger partial charge in [0.05, 0.1) is 11.2 Å². The van der Waals surface area contributed by atoms with Gasteiger partial charge in [-0.2, -0.15) is 0 Å². The highest BCUT2D eigenvalue weighted by Crippen LogP contribution is 2.26. The van der Waals surface area contributed by atoms with Gasteiger partial charge in [-0.3, -0.25) is 14.7 Å². The number of hydrogen-bond donors (Lipinski definition) is 0. The third-order valence-electron chi connectivity index (χ3n) is 5.38. The number of para-hydroxylation sites is 1. The molecule has 1 fully saturated rings. The van der Waals surface area contributed by atoms with E-state index >= 15 is 0 Å². The topological polar surface area (TPSA) is 39.7 Å². The van der Waals surface area contributed by atoms with Crippen LogP contribution >= 0.6 is 0 Å². The number of hydrogen-bond acceptors (Lipinski definition) is 4. The highest BCUT2D eigenvalue weighted by molar-refractivity contribution is 5.90. The molecule has 0 N–H and O–H groups in total. The fourth-order valence-corrected chi connectivity index (χ4v) is 3.80. The second kappa shape index (κ2) is 8.49. The van der Waals surface area contributed by atoms with Crippen LogP contribution in [0.25, 0.3) is 10.9 Å². The van der Waals surface area contributed by atoms with Crippen LogP contribution in [0.3, 0.4) is 0 Å². The number of pyridine rings is 1. The zero-order valence-electron chi connectivity index (χ0n) is 16.2. The zero-order chi connectivity index (χ0) is 18.5. The largest absolute Gasteiger partial charge is 0.368 e. The molecular weight excluding hydrogens is 324 g/mol. The van der Waals surface area contributed by atoms with Crippen LogP contribution in [-0.2, 0) is 4.79 Å². The molecule has 5 nitrogen and oxygen atoms in total. The van der Waals surface area contributed by atoms with Gasteiger partial charge in [0.15, 0.2) is 0 Å². The zero-order valence-corrected chi connectivity index (χ0v) is 16.2. The molecule has 3 rings (SSSR count). The lowest BCUT2D eigenvalue weighted by molar-refractivity contribution is -0.130. The summed E-state index contributed by atoms with van der Waals surface area (Å²) in [6.45, 7) is 6.23. The summed E-state index contributed by atoms with van der Waals surface area (Å²) < 4.78 is 0. The van der Waals surface area contributed by atoms with Gasteiger partial charge in [0, 0.05) is 64.3 Å². The maximum atomic E-state index is 12.2. The van der Waals surface area contributed by atoms with E-state index in [4.69, 9.17) is 0 Å². The van der Waals surface area contributed by atoms with Gasteiger partial charge in [-0.05, 0) is 25.0 Å². The number of carbonyl (C=O) groups excluding carboxylic acids is 1. The Labute approximate surface area is 156 Å². The van der Waals surface area contributed by atoms with Crippen LogP contribution in [0.2, 0.25) is 0 Å². The van der Waals surface area contributed by atoms with E-state index in [-0.39, 0.29) is 5.91 Å². The highest BCUT2D eigenvalue weighted by Gasteiger charge is 2.24. The Morgan fingerprint density at radius 1 is 1.15 bits per heavy atom. The van der Waals surface area contributed by atoms with Crippen LogP contribution < -0.4 is 4.90 Å². The van der Waals surface area contributed by atoms with Crippen molar-refractivity contribution in [3.63, 3.8) is 0 Å². The summed E-state index contributed by atoms with van der Waals surface area (Å²) in [5.41, 5.74) is 2.31. The highest BCUT2D eigenvalue weighted by atomic mass is 16.2. The van der Waals surface area contributed by atoms with Crippen molar-refractivity contribution < 1.29 is 4.79 Å². The molecule has 0 radical (unpaired) electrons. The molecule has 26 heavy (non-hydrogen) atoms. The van der Waals surface area contributed by atoms with E-state index < -0.39 is 0 Å². The Morgan fingerprint density at radius 3 is 2.73 bits per heavy atom. The van der Waals surface area contributed by atoms with Crippen molar-refractivity contribution in [3.8, 4) is 0 Å². The van der Waals surface area contributed by atoms with E-state index in [2.05, 4.69) is 46.0 Å².